The van der Waals surface area contributed by atoms with Crippen molar-refractivity contribution < 1.29 is 9.90 Å². The van der Waals surface area contributed by atoms with Crippen LogP contribution < -0.4 is 0 Å². The van der Waals surface area contributed by atoms with Crippen LogP contribution in [0.4, 0.5) is 0 Å². The molecule has 0 atom stereocenters. The molecule has 0 rings (SSSR count). The second kappa shape index (κ2) is 6.89. The summed E-state index contributed by atoms with van der Waals surface area (Å²) in [6, 6.07) is 0. The zero-order valence-corrected chi connectivity index (χ0v) is 7.97. The highest BCUT2D eigenvalue weighted by molar-refractivity contribution is 5.86. The van der Waals surface area contributed by atoms with E-state index in [-0.39, 0.29) is 0 Å². The van der Waals surface area contributed by atoms with Crippen molar-refractivity contribution in [3.8, 4) is 0 Å². The molecule has 0 saturated carbocycles. The molecular formula is C10H18O2. The van der Waals surface area contributed by atoms with Crippen molar-refractivity contribution in [2.45, 2.75) is 46.0 Å². The Morgan fingerprint density at radius 3 is 2.42 bits per heavy atom. The summed E-state index contributed by atoms with van der Waals surface area (Å²) in [5, 5.41) is 8.74. The van der Waals surface area contributed by atoms with E-state index in [1.165, 1.54) is 0 Å². The van der Waals surface area contributed by atoms with Crippen LogP contribution in [0.3, 0.4) is 0 Å². The van der Waals surface area contributed by atoms with Gasteiger partial charge in [-0.25, -0.2) is 4.79 Å². The number of aliphatic carboxylic acids is 1. The van der Waals surface area contributed by atoms with Crippen LogP contribution in [0.1, 0.15) is 46.0 Å². The fraction of sp³-hybridized carbons (Fsp3) is 0.700. The minimum atomic E-state index is -0.757. The predicted octanol–water partition coefficient (Wildman–Crippen LogP) is 2.99. The second-order valence-electron chi connectivity index (χ2n) is 2.93. The highest BCUT2D eigenvalue weighted by Crippen LogP contribution is 2.07. The number of hydrogen-bond donors (Lipinski definition) is 1. The molecule has 70 valence electrons. The molecule has 0 heterocycles. The SMILES string of the molecule is CCCCC=C(CCC)C(=O)O. The van der Waals surface area contributed by atoms with Crippen molar-refractivity contribution in [1.29, 1.82) is 0 Å². The highest BCUT2D eigenvalue weighted by Gasteiger charge is 2.03. The maximum atomic E-state index is 10.6. The molecule has 12 heavy (non-hydrogen) atoms. The van der Waals surface area contributed by atoms with Crippen molar-refractivity contribution >= 4 is 5.97 Å². The number of carbonyl (C=O) groups is 1. The fourth-order valence-corrected chi connectivity index (χ4v) is 1.05. The molecule has 0 radical (unpaired) electrons. The minimum Gasteiger partial charge on any atom is -0.478 e. The lowest BCUT2D eigenvalue weighted by atomic mass is 10.1. The first-order valence-corrected chi connectivity index (χ1v) is 4.64. The van der Waals surface area contributed by atoms with Crippen LogP contribution >= 0.6 is 0 Å². The summed E-state index contributed by atoms with van der Waals surface area (Å²) >= 11 is 0. The van der Waals surface area contributed by atoms with E-state index in [0.29, 0.717) is 12.0 Å². The molecule has 0 spiro atoms. The van der Waals surface area contributed by atoms with Crippen molar-refractivity contribution in [2.75, 3.05) is 0 Å². The minimum absolute atomic E-state index is 0.575. The van der Waals surface area contributed by atoms with E-state index in [0.717, 1.165) is 25.7 Å². The molecule has 0 aromatic carbocycles. The zero-order chi connectivity index (χ0) is 9.40. The van der Waals surface area contributed by atoms with Crippen LogP contribution in [0.15, 0.2) is 11.6 Å². The Labute approximate surface area is 74.3 Å². The molecule has 0 aromatic rings. The lowest BCUT2D eigenvalue weighted by molar-refractivity contribution is -0.132. The van der Waals surface area contributed by atoms with Gasteiger partial charge in [-0.05, 0) is 12.8 Å². The van der Waals surface area contributed by atoms with Gasteiger partial charge in [0.25, 0.3) is 0 Å². The molecule has 1 N–H and O–H groups in total. The van der Waals surface area contributed by atoms with Crippen LogP contribution in [-0.2, 0) is 4.79 Å². The smallest absolute Gasteiger partial charge is 0.331 e. The standard InChI is InChI=1S/C10H18O2/c1-3-5-6-8-9(7-4-2)10(11)12/h8H,3-7H2,1-2H3,(H,11,12). The first-order valence-electron chi connectivity index (χ1n) is 4.64. The number of carboxylic acid groups (broad SMARTS) is 1. The Bertz CT molecular complexity index is 159. The molecule has 0 aliphatic carbocycles. The average Bonchev–Trinajstić information content (AvgIpc) is 2.03. The van der Waals surface area contributed by atoms with Gasteiger partial charge in [0.15, 0.2) is 0 Å². The van der Waals surface area contributed by atoms with E-state index < -0.39 is 5.97 Å². The molecule has 0 aliphatic heterocycles. The molecule has 0 aromatic heterocycles. The second-order valence-corrected chi connectivity index (χ2v) is 2.93. The van der Waals surface area contributed by atoms with Crippen molar-refractivity contribution in [3.05, 3.63) is 11.6 Å². The van der Waals surface area contributed by atoms with Gasteiger partial charge in [-0.1, -0.05) is 39.2 Å². The van der Waals surface area contributed by atoms with Gasteiger partial charge >= 0.3 is 5.97 Å². The van der Waals surface area contributed by atoms with Crippen LogP contribution in [0, 0.1) is 0 Å². The molecule has 0 aliphatic rings. The molecule has 0 bridgehead atoms. The Balaban J connectivity index is 3.90. The monoisotopic (exact) mass is 170 g/mol. The quantitative estimate of drug-likeness (QED) is 0.491. The number of carboxylic acids is 1. The highest BCUT2D eigenvalue weighted by atomic mass is 16.4. The Morgan fingerprint density at radius 2 is 2.00 bits per heavy atom. The van der Waals surface area contributed by atoms with Gasteiger partial charge in [-0.3, -0.25) is 0 Å². The van der Waals surface area contributed by atoms with Crippen molar-refractivity contribution in [3.63, 3.8) is 0 Å². The fourth-order valence-electron chi connectivity index (χ4n) is 1.05. The van der Waals surface area contributed by atoms with Crippen LogP contribution in [-0.4, -0.2) is 11.1 Å². The van der Waals surface area contributed by atoms with Crippen LogP contribution in [0.2, 0.25) is 0 Å². The lowest BCUT2D eigenvalue weighted by Gasteiger charge is -1.98. The van der Waals surface area contributed by atoms with Crippen LogP contribution in [0.5, 0.6) is 0 Å². The molecule has 2 nitrogen and oxygen atoms in total. The maximum absolute atomic E-state index is 10.6. The zero-order valence-electron chi connectivity index (χ0n) is 7.97. The molecular weight excluding hydrogens is 152 g/mol. The van der Waals surface area contributed by atoms with Gasteiger partial charge < -0.3 is 5.11 Å². The summed E-state index contributed by atoms with van der Waals surface area (Å²) in [6.45, 7) is 4.10. The van der Waals surface area contributed by atoms with Gasteiger partial charge in [0.05, 0.1) is 0 Å². The van der Waals surface area contributed by atoms with E-state index in [2.05, 4.69) is 6.92 Å². The van der Waals surface area contributed by atoms with E-state index in [9.17, 15) is 4.79 Å². The topological polar surface area (TPSA) is 37.3 Å². The third-order valence-corrected chi connectivity index (χ3v) is 1.74. The Kier molecular flexibility index (Phi) is 6.44. The molecule has 0 saturated heterocycles. The number of hydrogen-bond acceptors (Lipinski definition) is 1. The summed E-state index contributed by atoms with van der Waals surface area (Å²) < 4.78 is 0. The van der Waals surface area contributed by atoms with Gasteiger partial charge in [0.1, 0.15) is 0 Å². The molecule has 0 unspecified atom stereocenters. The van der Waals surface area contributed by atoms with Gasteiger partial charge in [-0.2, -0.15) is 0 Å². The van der Waals surface area contributed by atoms with Crippen molar-refractivity contribution in [2.24, 2.45) is 0 Å². The summed E-state index contributed by atoms with van der Waals surface area (Å²) in [5.41, 5.74) is 0.575. The molecule has 0 amide bonds. The van der Waals surface area contributed by atoms with E-state index in [4.69, 9.17) is 5.11 Å². The molecule has 2 heteroatoms. The van der Waals surface area contributed by atoms with E-state index in [1.807, 2.05) is 13.0 Å². The van der Waals surface area contributed by atoms with E-state index >= 15 is 0 Å². The van der Waals surface area contributed by atoms with Crippen molar-refractivity contribution in [1.82, 2.24) is 0 Å². The summed E-state index contributed by atoms with van der Waals surface area (Å²) in [6.07, 6.45) is 6.56. The molecule has 0 fully saturated rings. The average molecular weight is 170 g/mol. The van der Waals surface area contributed by atoms with Gasteiger partial charge in [-0.15, -0.1) is 0 Å². The first-order chi connectivity index (χ1) is 5.72. The van der Waals surface area contributed by atoms with Crippen LogP contribution in [0.25, 0.3) is 0 Å². The summed E-state index contributed by atoms with van der Waals surface area (Å²) in [5.74, 6) is -0.757. The summed E-state index contributed by atoms with van der Waals surface area (Å²) in [4.78, 5) is 10.6. The number of unbranched alkanes of at least 4 members (excludes halogenated alkanes) is 2. The maximum Gasteiger partial charge on any atom is 0.331 e. The van der Waals surface area contributed by atoms with Gasteiger partial charge in [0, 0.05) is 5.57 Å². The largest absolute Gasteiger partial charge is 0.478 e. The third-order valence-electron chi connectivity index (χ3n) is 1.74. The Hall–Kier alpha value is -0.790. The lowest BCUT2D eigenvalue weighted by Crippen LogP contribution is -1.99. The third kappa shape index (κ3) is 4.94. The predicted molar refractivity (Wildman–Crippen MR) is 50.2 cm³/mol. The normalized spacial score (nSPS) is 11.7. The number of allylic oxidation sites excluding steroid dienone is 1. The Morgan fingerprint density at radius 1 is 1.33 bits per heavy atom. The first kappa shape index (κ1) is 11.2. The summed E-state index contributed by atoms with van der Waals surface area (Å²) in [7, 11) is 0. The van der Waals surface area contributed by atoms with E-state index in [1.54, 1.807) is 0 Å². The number of rotatable bonds is 6. The van der Waals surface area contributed by atoms with Gasteiger partial charge in [0.2, 0.25) is 0 Å².